The molecule has 2 aliphatic rings. The third kappa shape index (κ3) is 2.74. The quantitative estimate of drug-likeness (QED) is 0.833. The Hall–Kier alpha value is -2.86. The fraction of sp³-hybridized carbons (Fsp3) is 0.263. The van der Waals surface area contributed by atoms with Gasteiger partial charge in [0.15, 0.2) is 6.04 Å². The van der Waals surface area contributed by atoms with Crippen molar-refractivity contribution in [2.75, 3.05) is 13.2 Å². The molecule has 2 aromatic carbocycles. The highest BCUT2D eigenvalue weighted by molar-refractivity contribution is 5.83. The lowest BCUT2D eigenvalue weighted by atomic mass is 9.98. The van der Waals surface area contributed by atoms with Crippen LogP contribution in [0.2, 0.25) is 0 Å². The van der Waals surface area contributed by atoms with E-state index in [4.69, 9.17) is 9.47 Å². The van der Waals surface area contributed by atoms with Crippen molar-refractivity contribution in [1.29, 1.82) is 0 Å². The Balaban J connectivity index is 1.48. The van der Waals surface area contributed by atoms with E-state index in [0.717, 1.165) is 22.3 Å². The predicted molar refractivity (Wildman–Crippen MR) is 89.0 cm³/mol. The molecule has 0 saturated carbocycles. The Morgan fingerprint density at radius 2 is 1.72 bits per heavy atom. The van der Waals surface area contributed by atoms with Crippen LogP contribution in [0.4, 0.5) is 4.79 Å². The highest BCUT2D eigenvalue weighted by Gasteiger charge is 2.37. The minimum Gasteiger partial charge on any atom is -0.461 e. The number of carbonyl (C=O) groups excluding carboxylic acids is 2. The zero-order valence-electron chi connectivity index (χ0n) is 13.3. The van der Waals surface area contributed by atoms with Crippen LogP contribution in [0.15, 0.2) is 48.5 Å². The van der Waals surface area contributed by atoms with E-state index in [1.54, 1.807) is 0 Å². The molecule has 2 N–H and O–H groups in total. The zero-order chi connectivity index (χ0) is 17.4. The summed E-state index contributed by atoms with van der Waals surface area (Å²) in [5, 5.41) is 12.0. The lowest BCUT2D eigenvalue weighted by molar-refractivity contribution is -0.139. The molecule has 1 aliphatic heterocycles. The Labute approximate surface area is 144 Å². The molecule has 0 radical (unpaired) electrons. The lowest BCUT2D eigenvalue weighted by Crippen LogP contribution is -2.45. The number of esters is 1. The molecule has 1 heterocycles. The van der Waals surface area contributed by atoms with Gasteiger partial charge in [-0.05, 0) is 22.3 Å². The summed E-state index contributed by atoms with van der Waals surface area (Å²) in [6.07, 6.45) is -1.79. The van der Waals surface area contributed by atoms with Gasteiger partial charge in [-0.2, -0.15) is 0 Å². The van der Waals surface area contributed by atoms with E-state index in [1.807, 2.05) is 36.4 Å². The molecule has 6 nitrogen and oxygen atoms in total. The van der Waals surface area contributed by atoms with Crippen LogP contribution in [0.3, 0.4) is 0 Å². The third-order valence-corrected chi connectivity index (χ3v) is 4.65. The minimum absolute atomic E-state index is 0.0568. The van der Waals surface area contributed by atoms with Gasteiger partial charge in [0.2, 0.25) is 0 Å². The second-order valence-corrected chi connectivity index (χ2v) is 6.14. The third-order valence-electron chi connectivity index (χ3n) is 4.65. The maximum Gasteiger partial charge on any atom is 0.407 e. The van der Waals surface area contributed by atoms with Crippen LogP contribution in [-0.2, 0) is 14.3 Å². The first-order valence-electron chi connectivity index (χ1n) is 8.11. The van der Waals surface area contributed by atoms with E-state index in [1.165, 1.54) is 0 Å². The maximum absolute atomic E-state index is 12.0. The van der Waals surface area contributed by atoms with Crippen LogP contribution in [0.1, 0.15) is 17.0 Å². The van der Waals surface area contributed by atoms with Crippen molar-refractivity contribution >= 4 is 12.1 Å². The van der Waals surface area contributed by atoms with Gasteiger partial charge in [0, 0.05) is 5.92 Å². The fourth-order valence-corrected chi connectivity index (χ4v) is 3.43. The van der Waals surface area contributed by atoms with Gasteiger partial charge in [0.1, 0.15) is 19.3 Å². The largest absolute Gasteiger partial charge is 0.461 e. The highest BCUT2D eigenvalue weighted by Crippen LogP contribution is 2.44. The average molecular weight is 339 g/mol. The molecule has 25 heavy (non-hydrogen) atoms. The van der Waals surface area contributed by atoms with E-state index in [0.29, 0.717) is 0 Å². The zero-order valence-corrected chi connectivity index (χ0v) is 13.3. The molecule has 128 valence electrons. The van der Waals surface area contributed by atoms with Crippen LogP contribution < -0.4 is 5.32 Å². The van der Waals surface area contributed by atoms with Crippen molar-refractivity contribution in [3.8, 4) is 11.1 Å². The fourth-order valence-electron chi connectivity index (χ4n) is 3.43. The number of ether oxygens (including phenoxy) is 2. The summed E-state index contributed by atoms with van der Waals surface area (Å²) in [6.45, 7) is 0.0326. The van der Waals surface area contributed by atoms with E-state index >= 15 is 0 Å². The molecule has 2 atom stereocenters. The molecule has 0 aromatic heterocycles. The van der Waals surface area contributed by atoms with Crippen molar-refractivity contribution in [3.05, 3.63) is 59.7 Å². The maximum atomic E-state index is 12.0. The standard InChI is InChI=1S/C19H17NO5/c21-16-10-24-18(22)17(16)20-19(23)25-9-15-13-7-3-1-5-11(13)12-6-2-4-8-14(12)15/h1-8,15-17,21H,9-10H2,(H,20,23)/t16-,17-/m0/s1. The van der Waals surface area contributed by atoms with Crippen LogP contribution >= 0.6 is 0 Å². The van der Waals surface area contributed by atoms with E-state index < -0.39 is 24.2 Å². The summed E-state index contributed by atoms with van der Waals surface area (Å²) in [6, 6.07) is 15.0. The van der Waals surface area contributed by atoms with Crippen LogP contribution in [0.5, 0.6) is 0 Å². The minimum atomic E-state index is -1.07. The second-order valence-electron chi connectivity index (χ2n) is 6.14. The molecule has 1 amide bonds. The normalized spacial score (nSPS) is 21.4. The summed E-state index contributed by atoms with van der Waals surface area (Å²) < 4.78 is 10.0. The second kappa shape index (κ2) is 6.22. The monoisotopic (exact) mass is 339 g/mol. The number of carbonyl (C=O) groups is 2. The summed E-state index contributed by atoms with van der Waals surface area (Å²) in [5.74, 6) is -0.709. The number of aliphatic hydroxyl groups excluding tert-OH is 1. The Morgan fingerprint density at radius 3 is 2.28 bits per heavy atom. The van der Waals surface area contributed by atoms with Crippen molar-refractivity contribution in [2.24, 2.45) is 0 Å². The Kier molecular flexibility index (Phi) is 3.89. The number of alkyl carbamates (subject to hydrolysis) is 1. The molecule has 6 heteroatoms. The molecule has 2 aromatic rings. The molecular weight excluding hydrogens is 322 g/mol. The van der Waals surface area contributed by atoms with Gasteiger partial charge in [-0.25, -0.2) is 9.59 Å². The average Bonchev–Trinajstić information content (AvgIpc) is 3.12. The number of cyclic esters (lactones) is 1. The molecule has 0 spiro atoms. The van der Waals surface area contributed by atoms with Crippen molar-refractivity contribution < 1.29 is 24.2 Å². The lowest BCUT2D eigenvalue weighted by Gasteiger charge is -2.16. The molecule has 1 aliphatic carbocycles. The molecule has 1 saturated heterocycles. The van der Waals surface area contributed by atoms with Gasteiger partial charge in [-0.1, -0.05) is 48.5 Å². The molecular formula is C19H17NO5. The SMILES string of the molecule is O=C(N[C@@H]1C(=O)OC[C@@H]1O)OCC1c2ccccc2-c2ccccc21. The number of aliphatic hydroxyl groups is 1. The van der Waals surface area contributed by atoms with Crippen LogP contribution in [0, 0.1) is 0 Å². The number of fused-ring (bicyclic) bond motifs is 3. The molecule has 0 unspecified atom stereocenters. The topological polar surface area (TPSA) is 84.9 Å². The number of amides is 1. The van der Waals surface area contributed by atoms with Gasteiger partial charge < -0.3 is 19.9 Å². The van der Waals surface area contributed by atoms with Gasteiger partial charge in [-0.15, -0.1) is 0 Å². The molecule has 1 fully saturated rings. The van der Waals surface area contributed by atoms with Crippen molar-refractivity contribution in [3.63, 3.8) is 0 Å². The number of nitrogens with one attached hydrogen (secondary N) is 1. The van der Waals surface area contributed by atoms with Crippen LogP contribution in [-0.4, -0.2) is 42.5 Å². The number of rotatable bonds is 3. The van der Waals surface area contributed by atoms with Crippen LogP contribution in [0.25, 0.3) is 11.1 Å². The summed E-state index contributed by atoms with van der Waals surface area (Å²) in [4.78, 5) is 23.5. The van der Waals surface area contributed by atoms with E-state index in [9.17, 15) is 14.7 Å². The van der Waals surface area contributed by atoms with E-state index in [2.05, 4.69) is 17.4 Å². The van der Waals surface area contributed by atoms with E-state index in [-0.39, 0.29) is 19.1 Å². The van der Waals surface area contributed by atoms with Gasteiger partial charge >= 0.3 is 12.1 Å². The number of hydrogen-bond donors (Lipinski definition) is 2. The molecule has 4 rings (SSSR count). The van der Waals surface area contributed by atoms with Gasteiger partial charge in [0.05, 0.1) is 0 Å². The first-order chi connectivity index (χ1) is 12.1. The summed E-state index contributed by atoms with van der Waals surface area (Å²) in [5.41, 5.74) is 4.50. The highest BCUT2D eigenvalue weighted by atomic mass is 16.6. The predicted octanol–water partition coefficient (Wildman–Crippen LogP) is 1.81. The smallest absolute Gasteiger partial charge is 0.407 e. The summed E-state index contributed by atoms with van der Waals surface area (Å²) in [7, 11) is 0. The first kappa shape index (κ1) is 15.7. The first-order valence-corrected chi connectivity index (χ1v) is 8.11. The Morgan fingerprint density at radius 1 is 1.12 bits per heavy atom. The van der Waals surface area contributed by atoms with Crippen molar-refractivity contribution in [2.45, 2.75) is 18.1 Å². The number of hydrogen-bond acceptors (Lipinski definition) is 5. The summed E-state index contributed by atoms with van der Waals surface area (Å²) >= 11 is 0. The van der Waals surface area contributed by atoms with Gasteiger partial charge in [0.25, 0.3) is 0 Å². The number of benzene rings is 2. The van der Waals surface area contributed by atoms with Crippen molar-refractivity contribution in [1.82, 2.24) is 5.32 Å². The molecule has 0 bridgehead atoms. The van der Waals surface area contributed by atoms with Gasteiger partial charge in [-0.3, -0.25) is 0 Å². The Bertz CT molecular complexity index is 789.